The number of carbonyl (C=O) groups excluding carboxylic acids is 1. The van der Waals surface area contributed by atoms with E-state index < -0.39 is 0 Å². The Morgan fingerprint density at radius 1 is 1.30 bits per heavy atom. The van der Waals surface area contributed by atoms with Gasteiger partial charge in [0, 0.05) is 16.3 Å². The van der Waals surface area contributed by atoms with Gasteiger partial charge in [0.2, 0.25) is 0 Å². The van der Waals surface area contributed by atoms with Crippen LogP contribution in [0.2, 0.25) is 5.02 Å². The summed E-state index contributed by atoms with van der Waals surface area (Å²) in [5.74, 6) is 0.246. The van der Waals surface area contributed by atoms with Crippen molar-refractivity contribution in [3.05, 3.63) is 51.5 Å². The molecule has 6 heteroatoms. The quantitative estimate of drug-likeness (QED) is 0.820. The lowest BCUT2D eigenvalue weighted by atomic mass is 10.2. The molecular weight excluding hydrogens is 344 g/mol. The van der Waals surface area contributed by atoms with Crippen LogP contribution in [0.1, 0.15) is 10.4 Å². The third-order valence-electron chi connectivity index (χ3n) is 2.63. The molecule has 0 radical (unpaired) electrons. The summed E-state index contributed by atoms with van der Waals surface area (Å²) in [6.45, 7) is 0. The molecule has 0 heterocycles. The van der Waals surface area contributed by atoms with Gasteiger partial charge >= 0.3 is 0 Å². The van der Waals surface area contributed by atoms with Gasteiger partial charge < -0.3 is 15.8 Å². The van der Waals surface area contributed by atoms with Gasteiger partial charge in [-0.1, -0.05) is 11.6 Å². The molecule has 0 atom stereocenters. The van der Waals surface area contributed by atoms with Crippen molar-refractivity contribution in [2.24, 2.45) is 0 Å². The van der Waals surface area contributed by atoms with Crippen molar-refractivity contribution in [3.63, 3.8) is 0 Å². The van der Waals surface area contributed by atoms with E-state index in [2.05, 4.69) is 21.2 Å². The summed E-state index contributed by atoms with van der Waals surface area (Å²) in [6, 6.07) is 9.95. The second-order valence-electron chi connectivity index (χ2n) is 4.04. The van der Waals surface area contributed by atoms with Crippen LogP contribution in [0.4, 0.5) is 11.4 Å². The standard InChI is InChI=1S/C14H12BrClN2O2/c1-20-13-11(15)6-9(16)7-12(13)18-14(19)8-2-4-10(17)5-3-8/h2-7H,17H2,1H3,(H,18,19). The highest BCUT2D eigenvalue weighted by Crippen LogP contribution is 2.36. The predicted octanol–water partition coefficient (Wildman–Crippen LogP) is 3.95. The summed E-state index contributed by atoms with van der Waals surface area (Å²) < 4.78 is 5.91. The zero-order chi connectivity index (χ0) is 14.7. The highest BCUT2D eigenvalue weighted by molar-refractivity contribution is 9.10. The molecule has 1 amide bonds. The lowest BCUT2D eigenvalue weighted by Gasteiger charge is -2.12. The first-order valence-electron chi connectivity index (χ1n) is 5.71. The van der Waals surface area contributed by atoms with Crippen LogP contribution < -0.4 is 15.8 Å². The number of nitrogens with one attached hydrogen (secondary N) is 1. The second kappa shape index (κ2) is 6.15. The minimum atomic E-state index is -0.266. The molecule has 104 valence electrons. The van der Waals surface area contributed by atoms with E-state index in [0.717, 1.165) is 0 Å². The van der Waals surface area contributed by atoms with E-state index in [-0.39, 0.29) is 5.91 Å². The number of rotatable bonds is 3. The van der Waals surface area contributed by atoms with Crippen molar-refractivity contribution in [1.29, 1.82) is 0 Å². The fourth-order valence-electron chi connectivity index (χ4n) is 1.69. The Kier molecular flexibility index (Phi) is 4.52. The first-order valence-corrected chi connectivity index (χ1v) is 6.88. The Labute approximate surface area is 130 Å². The molecule has 2 aromatic rings. The molecule has 0 spiro atoms. The third-order valence-corrected chi connectivity index (χ3v) is 3.44. The molecule has 2 aromatic carbocycles. The number of ether oxygens (including phenoxy) is 1. The van der Waals surface area contributed by atoms with Crippen molar-refractivity contribution < 1.29 is 9.53 Å². The van der Waals surface area contributed by atoms with E-state index in [0.29, 0.717) is 32.2 Å². The molecule has 20 heavy (non-hydrogen) atoms. The van der Waals surface area contributed by atoms with Crippen molar-refractivity contribution in [3.8, 4) is 5.75 Å². The van der Waals surface area contributed by atoms with Crippen LogP contribution in [0.5, 0.6) is 5.75 Å². The molecule has 0 unspecified atom stereocenters. The van der Waals surface area contributed by atoms with Gasteiger partial charge in [0.05, 0.1) is 17.3 Å². The highest BCUT2D eigenvalue weighted by Gasteiger charge is 2.13. The number of nitrogen functional groups attached to an aromatic ring is 1. The summed E-state index contributed by atoms with van der Waals surface area (Å²) in [4.78, 5) is 12.2. The number of halogens is 2. The molecule has 2 rings (SSSR count). The molecule has 0 aromatic heterocycles. The molecule has 0 aliphatic carbocycles. The van der Waals surface area contributed by atoms with E-state index in [1.807, 2.05) is 0 Å². The summed E-state index contributed by atoms with van der Waals surface area (Å²) in [7, 11) is 1.52. The number of hydrogen-bond acceptors (Lipinski definition) is 3. The zero-order valence-electron chi connectivity index (χ0n) is 10.6. The van der Waals surface area contributed by atoms with Gasteiger partial charge in [-0.15, -0.1) is 0 Å². The molecule has 4 nitrogen and oxygen atoms in total. The van der Waals surface area contributed by atoms with E-state index in [1.54, 1.807) is 36.4 Å². The zero-order valence-corrected chi connectivity index (χ0v) is 13.0. The Balaban J connectivity index is 2.30. The minimum Gasteiger partial charge on any atom is -0.493 e. The fourth-order valence-corrected chi connectivity index (χ4v) is 2.66. The van der Waals surface area contributed by atoms with E-state index in [9.17, 15) is 4.79 Å². The molecule has 3 N–H and O–H groups in total. The van der Waals surface area contributed by atoms with Crippen LogP contribution in [0.25, 0.3) is 0 Å². The van der Waals surface area contributed by atoms with Gasteiger partial charge in [-0.3, -0.25) is 4.79 Å². The maximum atomic E-state index is 12.2. The molecule has 0 fully saturated rings. The second-order valence-corrected chi connectivity index (χ2v) is 5.34. The van der Waals surface area contributed by atoms with Crippen LogP contribution in [0.3, 0.4) is 0 Å². The van der Waals surface area contributed by atoms with Gasteiger partial charge in [0.1, 0.15) is 0 Å². The number of methoxy groups -OCH3 is 1. The molecule has 0 aliphatic rings. The van der Waals surface area contributed by atoms with Gasteiger partial charge in [0.15, 0.2) is 5.75 Å². The lowest BCUT2D eigenvalue weighted by Crippen LogP contribution is -2.12. The smallest absolute Gasteiger partial charge is 0.255 e. The molecule has 0 saturated carbocycles. The first-order chi connectivity index (χ1) is 9.51. The topological polar surface area (TPSA) is 64.3 Å². The summed E-state index contributed by atoms with van der Waals surface area (Å²) in [5.41, 5.74) is 7.18. The molecule has 0 saturated heterocycles. The minimum absolute atomic E-state index is 0.266. The van der Waals surface area contributed by atoms with Gasteiger partial charge in [-0.05, 0) is 52.3 Å². The molecule has 0 bridgehead atoms. The fraction of sp³-hybridized carbons (Fsp3) is 0.0714. The van der Waals surface area contributed by atoms with Crippen LogP contribution in [0, 0.1) is 0 Å². The Morgan fingerprint density at radius 3 is 2.55 bits per heavy atom. The van der Waals surface area contributed by atoms with Crippen LogP contribution >= 0.6 is 27.5 Å². The van der Waals surface area contributed by atoms with Crippen molar-refractivity contribution in [2.75, 3.05) is 18.2 Å². The highest BCUT2D eigenvalue weighted by atomic mass is 79.9. The third kappa shape index (κ3) is 3.23. The Hall–Kier alpha value is -1.72. The Morgan fingerprint density at radius 2 is 1.95 bits per heavy atom. The van der Waals surface area contributed by atoms with E-state index in [1.165, 1.54) is 7.11 Å². The Bertz CT molecular complexity index is 644. The number of anilines is 2. The van der Waals surface area contributed by atoms with E-state index >= 15 is 0 Å². The predicted molar refractivity (Wildman–Crippen MR) is 84.5 cm³/mol. The van der Waals surface area contributed by atoms with Crippen LogP contribution in [-0.2, 0) is 0 Å². The summed E-state index contributed by atoms with van der Waals surface area (Å²) >= 11 is 9.31. The maximum Gasteiger partial charge on any atom is 0.255 e. The monoisotopic (exact) mass is 354 g/mol. The van der Waals surface area contributed by atoms with Gasteiger partial charge in [0.25, 0.3) is 5.91 Å². The van der Waals surface area contributed by atoms with Gasteiger partial charge in [-0.25, -0.2) is 0 Å². The van der Waals surface area contributed by atoms with Gasteiger partial charge in [-0.2, -0.15) is 0 Å². The number of hydrogen-bond donors (Lipinski definition) is 2. The van der Waals surface area contributed by atoms with Crippen LogP contribution in [0.15, 0.2) is 40.9 Å². The van der Waals surface area contributed by atoms with Crippen molar-refractivity contribution >= 4 is 44.8 Å². The normalized spacial score (nSPS) is 10.2. The average molecular weight is 356 g/mol. The maximum absolute atomic E-state index is 12.2. The number of benzene rings is 2. The largest absolute Gasteiger partial charge is 0.493 e. The number of amides is 1. The summed E-state index contributed by atoms with van der Waals surface area (Å²) in [5, 5.41) is 3.25. The van der Waals surface area contributed by atoms with Crippen molar-refractivity contribution in [2.45, 2.75) is 0 Å². The number of nitrogens with two attached hydrogens (primary N) is 1. The first kappa shape index (κ1) is 14.7. The molecular formula is C14H12BrClN2O2. The number of carbonyl (C=O) groups is 1. The molecule has 0 aliphatic heterocycles. The van der Waals surface area contributed by atoms with E-state index in [4.69, 9.17) is 22.1 Å². The van der Waals surface area contributed by atoms with Crippen molar-refractivity contribution in [1.82, 2.24) is 0 Å². The van der Waals surface area contributed by atoms with Crippen LogP contribution in [-0.4, -0.2) is 13.0 Å². The SMILES string of the molecule is COc1c(Br)cc(Cl)cc1NC(=O)c1ccc(N)cc1. The summed E-state index contributed by atoms with van der Waals surface area (Å²) in [6.07, 6.45) is 0. The lowest BCUT2D eigenvalue weighted by molar-refractivity contribution is 0.102. The average Bonchev–Trinajstić information content (AvgIpc) is 2.39.